The third-order valence-electron chi connectivity index (χ3n) is 5.91. The van der Waals surface area contributed by atoms with E-state index >= 15 is 0 Å². The van der Waals surface area contributed by atoms with Crippen LogP contribution in [0.25, 0.3) is 0 Å². The Labute approximate surface area is 209 Å². The van der Waals surface area contributed by atoms with Crippen LogP contribution in [0.3, 0.4) is 0 Å². The molecule has 0 saturated carbocycles. The summed E-state index contributed by atoms with van der Waals surface area (Å²) in [6.45, 7) is 0. The minimum Gasteiger partial charge on any atom is -0.497 e. The Kier molecular flexibility index (Phi) is 5.66. The molecule has 35 heavy (non-hydrogen) atoms. The Morgan fingerprint density at radius 1 is 0.943 bits per heavy atom. The van der Waals surface area contributed by atoms with Crippen LogP contribution in [0.1, 0.15) is 5.56 Å². The molecule has 0 aromatic heterocycles. The summed E-state index contributed by atoms with van der Waals surface area (Å²) in [6.07, 6.45) is 0. The molecule has 2 aliphatic rings. The fraction of sp³-hybridized carbons (Fsp3) is 0.125. The van der Waals surface area contributed by atoms with E-state index in [2.05, 4.69) is 5.10 Å². The molecular formula is C24H16Cl2N4O5. The number of benzene rings is 3. The highest BCUT2D eigenvalue weighted by atomic mass is 35.5. The van der Waals surface area contributed by atoms with E-state index in [4.69, 9.17) is 27.9 Å². The van der Waals surface area contributed by atoms with Gasteiger partial charge in [0.15, 0.2) is 0 Å². The molecule has 176 valence electrons. The van der Waals surface area contributed by atoms with E-state index in [-0.39, 0.29) is 10.7 Å². The number of amides is 2. The normalized spacial score (nSPS) is 19.1. The van der Waals surface area contributed by atoms with Gasteiger partial charge in [0.1, 0.15) is 17.7 Å². The summed E-state index contributed by atoms with van der Waals surface area (Å²) in [7, 11) is 1.52. The number of nitro benzene ring substituents is 1. The van der Waals surface area contributed by atoms with E-state index in [1.54, 1.807) is 36.4 Å². The molecule has 3 aromatic rings. The summed E-state index contributed by atoms with van der Waals surface area (Å²) < 4.78 is 5.17. The van der Waals surface area contributed by atoms with Crippen LogP contribution in [0.5, 0.6) is 5.75 Å². The molecule has 2 heterocycles. The highest BCUT2D eigenvalue weighted by molar-refractivity contribution is 6.40. The van der Waals surface area contributed by atoms with Crippen LogP contribution in [0.2, 0.25) is 10.0 Å². The highest BCUT2D eigenvalue weighted by Crippen LogP contribution is 2.41. The number of fused-ring (bicyclic) bond motifs is 1. The van der Waals surface area contributed by atoms with Gasteiger partial charge in [0.05, 0.1) is 34.1 Å². The molecule has 0 aliphatic carbocycles. The second-order valence-corrected chi connectivity index (χ2v) is 8.70. The SMILES string of the molecule is COc1ccc(N2C(=O)[C@H]3C(c4ccc(Cl)cc4Cl)=NN(c4ccc([N+](=O)[O-])cc4)[C@H]3C2=O)cc1. The summed E-state index contributed by atoms with van der Waals surface area (Å²) in [6, 6.07) is 16.0. The predicted octanol–water partition coefficient (Wildman–Crippen LogP) is 4.69. The molecule has 1 saturated heterocycles. The first-order valence-corrected chi connectivity index (χ1v) is 11.1. The first-order valence-electron chi connectivity index (χ1n) is 10.4. The molecule has 5 rings (SSSR count). The molecule has 11 heteroatoms. The van der Waals surface area contributed by atoms with E-state index in [9.17, 15) is 19.7 Å². The van der Waals surface area contributed by atoms with Gasteiger partial charge in [-0.25, -0.2) is 4.90 Å². The van der Waals surface area contributed by atoms with E-state index in [1.807, 2.05) is 0 Å². The summed E-state index contributed by atoms with van der Waals surface area (Å²) in [5.74, 6) is -1.30. The van der Waals surface area contributed by atoms with Gasteiger partial charge in [-0.1, -0.05) is 29.3 Å². The minimum atomic E-state index is -0.993. The number of halogens is 2. The van der Waals surface area contributed by atoms with Gasteiger partial charge >= 0.3 is 0 Å². The van der Waals surface area contributed by atoms with Gasteiger partial charge in [0.2, 0.25) is 5.91 Å². The number of hydrogen-bond acceptors (Lipinski definition) is 7. The highest BCUT2D eigenvalue weighted by Gasteiger charge is 2.57. The topological polar surface area (TPSA) is 105 Å². The monoisotopic (exact) mass is 510 g/mol. The van der Waals surface area contributed by atoms with Crippen LogP contribution in [0.15, 0.2) is 71.8 Å². The average molecular weight is 511 g/mol. The lowest BCUT2D eigenvalue weighted by atomic mass is 9.92. The van der Waals surface area contributed by atoms with Crippen molar-refractivity contribution in [3.05, 3.63) is 92.5 Å². The van der Waals surface area contributed by atoms with Crippen molar-refractivity contribution in [1.29, 1.82) is 0 Å². The Bertz CT molecular complexity index is 1390. The molecule has 9 nitrogen and oxygen atoms in total. The number of hydrazone groups is 1. The van der Waals surface area contributed by atoms with Crippen LogP contribution in [0, 0.1) is 16.0 Å². The average Bonchev–Trinajstić information content (AvgIpc) is 3.36. The van der Waals surface area contributed by atoms with Gasteiger partial charge in [-0.3, -0.25) is 24.7 Å². The van der Waals surface area contributed by atoms with Crippen LogP contribution in [-0.2, 0) is 9.59 Å². The zero-order valence-corrected chi connectivity index (χ0v) is 19.6. The van der Waals surface area contributed by atoms with Crippen LogP contribution >= 0.6 is 23.2 Å². The van der Waals surface area contributed by atoms with Gasteiger partial charge in [-0.15, -0.1) is 0 Å². The molecule has 2 atom stereocenters. The minimum absolute atomic E-state index is 0.108. The Balaban J connectivity index is 1.62. The first-order chi connectivity index (χ1) is 16.8. The molecular weight excluding hydrogens is 495 g/mol. The number of carbonyl (C=O) groups is 2. The van der Waals surface area contributed by atoms with E-state index < -0.39 is 28.7 Å². The Morgan fingerprint density at radius 2 is 1.60 bits per heavy atom. The fourth-order valence-corrected chi connectivity index (χ4v) is 4.77. The summed E-state index contributed by atoms with van der Waals surface area (Å²) >= 11 is 12.5. The van der Waals surface area contributed by atoms with Crippen LogP contribution < -0.4 is 14.6 Å². The molecule has 0 radical (unpaired) electrons. The number of anilines is 2. The van der Waals surface area contributed by atoms with Gasteiger partial charge < -0.3 is 4.74 Å². The van der Waals surface area contributed by atoms with Crippen LogP contribution in [0.4, 0.5) is 17.1 Å². The molecule has 2 amide bonds. The van der Waals surface area contributed by atoms with Gasteiger partial charge in [0.25, 0.3) is 11.6 Å². The number of rotatable bonds is 5. The smallest absolute Gasteiger partial charge is 0.269 e. The third-order valence-corrected chi connectivity index (χ3v) is 6.46. The van der Waals surface area contributed by atoms with Crippen molar-refractivity contribution in [2.75, 3.05) is 17.0 Å². The molecule has 0 unspecified atom stereocenters. The maximum atomic E-state index is 13.6. The van der Waals surface area contributed by atoms with Crippen molar-refractivity contribution in [3.63, 3.8) is 0 Å². The number of nitrogens with zero attached hydrogens (tertiary/aromatic N) is 4. The van der Waals surface area contributed by atoms with Gasteiger partial charge in [-0.2, -0.15) is 5.10 Å². The second-order valence-electron chi connectivity index (χ2n) is 7.86. The Morgan fingerprint density at radius 3 is 2.20 bits per heavy atom. The maximum Gasteiger partial charge on any atom is 0.269 e. The van der Waals surface area contributed by atoms with Crippen LogP contribution in [-0.4, -0.2) is 35.6 Å². The van der Waals surface area contributed by atoms with Gasteiger partial charge in [-0.05, 0) is 48.5 Å². The number of carbonyl (C=O) groups excluding carboxylic acids is 2. The summed E-state index contributed by atoms with van der Waals surface area (Å²) in [5, 5.41) is 17.8. The van der Waals surface area contributed by atoms with Crippen molar-refractivity contribution in [2.45, 2.75) is 6.04 Å². The fourth-order valence-electron chi connectivity index (χ4n) is 4.26. The molecule has 2 aliphatic heterocycles. The largest absolute Gasteiger partial charge is 0.497 e. The first kappa shape index (κ1) is 22.8. The third kappa shape index (κ3) is 3.78. The summed E-state index contributed by atoms with van der Waals surface area (Å²) in [4.78, 5) is 38.9. The number of non-ortho nitro benzene ring substituents is 1. The number of ether oxygens (including phenoxy) is 1. The number of nitro groups is 1. The Hall–Kier alpha value is -3.95. The standard InChI is InChI=1S/C24H16Cl2N4O5/c1-35-17-9-7-14(8-10-17)28-23(31)20-21(18-11-2-13(25)12-19(18)26)27-29(22(20)24(28)32)15-3-5-16(6-4-15)30(33)34/h2-12,20,22H,1H3/t20-,22+/m0/s1. The zero-order chi connectivity index (χ0) is 24.9. The molecule has 1 fully saturated rings. The summed E-state index contributed by atoms with van der Waals surface area (Å²) in [5.41, 5.74) is 1.48. The van der Waals surface area contributed by atoms with Gasteiger partial charge in [0, 0.05) is 22.7 Å². The number of imide groups is 1. The van der Waals surface area contributed by atoms with E-state index in [0.717, 1.165) is 4.90 Å². The number of methoxy groups -OCH3 is 1. The lowest BCUT2D eigenvalue weighted by Crippen LogP contribution is -2.39. The van der Waals surface area contributed by atoms with Crippen molar-refractivity contribution in [2.24, 2.45) is 11.0 Å². The lowest BCUT2D eigenvalue weighted by molar-refractivity contribution is -0.384. The molecule has 0 spiro atoms. The van der Waals surface area contributed by atoms with Crippen molar-refractivity contribution in [1.82, 2.24) is 0 Å². The van der Waals surface area contributed by atoms with E-state index in [0.29, 0.717) is 33.4 Å². The van der Waals surface area contributed by atoms with Crippen molar-refractivity contribution in [3.8, 4) is 5.75 Å². The molecule has 0 bridgehead atoms. The van der Waals surface area contributed by atoms with Crippen molar-refractivity contribution >= 4 is 57.8 Å². The second kappa shape index (κ2) is 8.68. The molecule has 0 N–H and O–H groups in total. The quantitative estimate of drug-likeness (QED) is 0.280. The predicted molar refractivity (Wildman–Crippen MR) is 131 cm³/mol. The van der Waals surface area contributed by atoms with Crippen molar-refractivity contribution < 1.29 is 19.2 Å². The van der Waals surface area contributed by atoms with E-state index in [1.165, 1.54) is 42.5 Å². The lowest BCUT2D eigenvalue weighted by Gasteiger charge is -2.22. The molecule has 3 aromatic carbocycles. The maximum absolute atomic E-state index is 13.6. The zero-order valence-electron chi connectivity index (χ0n) is 18.1. The number of hydrogen-bond donors (Lipinski definition) is 0.